The van der Waals surface area contributed by atoms with Gasteiger partial charge in [0.2, 0.25) is 0 Å². The summed E-state index contributed by atoms with van der Waals surface area (Å²) >= 11 is 1.26. The molecular formula is C17H20NO2PSTl. The molecule has 6 heteroatoms. The molecule has 3 nitrogen and oxygen atoms in total. The van der Waals surface area contributed by atoms with Crippen LogP contribution in [0.1, 0.15) is 16.7 Å². The van der Waals surface area contributed by atoms with E-state index in [0.717, 1.165) is 37.6 Å². The van der Waals surface area contributed by atoms with Gasteiger partial charge in [-0.2, -0.15) is 0 Å². The molecule has 0 aromatic heterocycles. The van der Waals surface area contributed by atoms with Gasteiger partial charge in [-0.25, -0.2) is 0 Å². The zero-order chi connectivity index (χ0) is 15.4. The fraction of sp³-hybridized carbons (Fsp3) is 0.294. The molecule has 0 N–H and O–H groups in total. The number of hydrogen-bond acceptors (Lipinski definition) is 4. The molecule has 0 saturated carbocycles. The van der Waals surface area contributed by atoms with Crippen molar-refractivity contribution in [3.05, 3.63) is 59.2 Å². The third kappa shape index (κ3) is 4.84. The zero-order valence-corrected chi connectivity index (χ0v) is 19.7. The number of rotatable bonds is 5. The molecule has 1 heterocycles. The summed E-state index contributed by atoms with van der Waals surface area (Å²) in [5, 5.41) is 0. The van der Waals surface area contributed by atoms with Crippen LogP contribution in [0.2, 0.25) is 0 Å². The van der Waals surface area contributed by atoms with Crippen molar-refractivity contribution in [1.29, 1.82) is 0 Å². The third-order valence-electron chi connectivity index (χ3n) is 3.96. The maximum absolute atomic E-state index is 5.56. The van der Waals surface area contributed by atoms with E-state index in [1.165, 1.54) is 28.4 Å². The molecule has 23 heavy (non-hydrogen) atoms. The van der Waals surface area contributed by atoms with Gasteiger partial charge in [0.15, 0.2) is 11.5 Å². The number of hydrogen-bond donors (Lipinski definition) is 0. The van der Waals surface area contributed by atoms with E-state index in [-0.39, 0.29) is 27.3 Å². The molecule has 0 aliphatic carbocycles. The molecule has 0 amide bonds. The number of fused-ring (bicyclic) bond motifs is 1. The Bertz CT molecular complexity index is 642. The smallest absolute Gasteiger partial charge is 0.179 e. The standard InChI is InChI=1S/C17H20NO2PS.Tl/c1-19-16-10-15-12-18(11-13-5-3-2-4-6-13)8-7-14(15)9-17(16)20-22-21;/h2-6,9-10H,7-8,11-12,21H2,1H3;. The summed E-state index contributed by atoms with van der Waals surface area (Å²) < 4.78 is 11.0. The molecule has 0 spiro atoms. The van der Waals surface area contributed by atoms with Gasteiger partial charge in [0, 0.05) is 46.9 Å². The molecular weight excluding hydrogens is 518 g/mol. The normalized spacial score (nSPS) is 13.8. The van der Waals surface area contributed by atoms with Crippen LogP contribution >= 0.6 is 20.1 Å². The third-order valence-corrected chi connectivity index (χ3v) is 4.53. The Morgan fingerprint density at radius 3 is 2.57 bits per heavy atom. The number of nitrogens with zero attached hydrogens (tertiary/aromatic N) is 1. The van der Waals surface area contributed by atoms with Crippen molar-refractivity contribution in [3.8, 4) is 11.5 Å². The monoisotopic (exact) mass is 538 g/mol. The molecule has 3 rings (SSSR count). The molecule has 2 aromatic rings. The van der Waals surface area contributed by atoms with Crippen molar-refractivity contribution >= 4 is 47.4 Å². The van der Waals surface area contributed by atoms with Crippen LogP contribution < -0.4 is 8.92 Å². The van der Waals surface area contributed by atoms with Gasteiger partial charge in [0.05, 0.1) is 18.8 Å². The Morgan fingerprint density at radius 1 is 1.13 bits per heavy atom. The predicted octanol–water partition coefficient (Wildman–Crippen LogP) is 3.69. The van der Waals surface area contributed by atoms with E-state index in [2.05, 4.69) is 55.8 Å². The van der Waals surface area contributed by atoms with Gasteiger partial charge in [0.25, 0.3) is 0 Å². The van der Waals surface area contributed by atoms with Crippen LogP contribution in [0.25, 0.3) is 0 Å². The largest absolute Gasteiger partial charge is 0.493 e. The summed E-state index contributed by atoms with van der Waals surface area (Å²) in [5.74, 6) is 1.60. The maximum atomic E-state index is 5.56. The van der Waals surface area contributed by atoms with E-state index in [4.69, 9.17) is 8.92 Å². The van der Waals surface area contributed by atoms with E-state index in [9.17, 15) is 0 Å². The first-order valence-electron chi connectivity index (χ1n) is 7.29. The minimum Gasteiger partial charge on any atom is -0.493 e. The van der Waals surface area contributed by atoms with Crippen LogP contribution in [-0.2, 0) is 19.5 Å². The Hall–Kier alpha value is -0.298. The first kappa shape index (κ1) is 19.0. The van der Waals surface area contributed by atoms with Crippen molar-refractivity contribution < 1.29 is 8.92 Å². The van der Waals surface area contributed by atoms with E-state index >= 15 is 0 Å². The van der Waals surface area contributed by atoms with Crippen LogP contribution in [-0.4, -0.2) is 45.9 Å². The van der Waals surface area contributed by atoms with Crippen LogP contribution in [0.3, 0.4) is 0 Å². The number of ether oxygens (including phenoxy) is 1. The van der Waals surface area contributed by atoms with Gasteiger partial charge in [-0.15, -0.1) is 0 Å². The van der Waals surface area contributed by atoms with Crippen LogP contribution in [0.15, 0.2) is 42.5 Å². The molecule has 119 valence electrons. The van der Waals surface area contributed by atoms with Gasteiger partial charge in [-0.3, -0.25) is 4.90 Å². The van der Waals surface area contributed by atoms with Crippen LogP contribution in [0.5, 0.6) is 11.5 Å². The van der Waals surface area contributed by atoms with Crippen molar-refractivity contribution in [1.82, 2.24) is 4.90 Å². The second kappa shape index (κ2) is 9.25. The van der Waals surface area contributed by atoms with E-state index in [1.54, 1.807) is 7.11 Å². The van der Waals surface area contributed by atoms with Crippen molar-refractivity contribution in [2.45, 2.75) is 19.5 Å². The SMILES string of the molecule is COc1cc2c(cc1OSP)CCN(Cc1ccccc1)C2.[Tl]. The topological polar surface area (TPSA) is 21.7 Å². The average Bonchev–Trinajstić information content (AvgIpc) is 2.55. The first-order chi connectivity index (χ1) is 10.8. The van der Waals surface area contributed by atoms with Gasteiger partial charge < -0.3 is 8.92 Å². The number of methoxy groups -OCH3 is 1. The molecule has 1 aliphatic heterocycles. The molecule has 0 saturated heterocycles. The maximum Gasteiger partial charge on any atom is 0.179 e. The van der Waals surface area contributed by atoms with Crippen molar-refractivity contribution in [2.24, 2.45) is 0 Å². The fourth-order valence-electron chi connectivity index (χ4n) is 2.88. The van der Waals surface area contributed by atoms with Gasteiger partial charge in [-0.1, -0.05) is 30.3 Å². The zero-order valence-electron chi connectivity index (χ0n) is 13.2. The van der Waals surface area contributed by atoms with Gasteiger partial charge >= 0.3 is 0 Å². The van der Waals surface area contributed by atoms with Crippen molar-refractivity contribution in [2.75, 3.05) is 13.7 Å². The second-order valence-electron chi connectivity index (χ2n) is 5.40. The quantitative estimate of drug-likeness (QED) is 0.330. The molecule has 1 unspecified atom stereocenters. The molecule has 1 aliphatic rings. The summed E-state index contributed by atoms with van der Waals surface area (Å²) in [7, 11) is 4.18. The summed E-state index contributed by atoms with van der Waals surface area (Å²) in [6.07, 6.45) is 1.05. The minimum absolute atomic E-state index is 0. The number of benzene rings is 2. The minimum atomic E-state index is 0. The second-order valence-corrected chi connectivity index (χ2v) is 6.33. The summed E-state index contributed by atoms with van der Waals surface area (Å²) in [5.41, 5.74) is 4.05. The fourth-order valence-corrected chi connectivity index (χ4v) is 3.42. The van der Waals surface area contributed by atoms with Crippen LogP contribution in [0.4, 0.5) is 0 Å². The predicted molar refractivity (Wildman–Crippen MR) is 101 cm³/mol. The van der Waals surface area contributed by atoms with Gasteiger partial charge in [-0.05, 0) is 43.7 Å². The van der Waals surface area contributed by atoms with Crippen LogP contribution in [0, 0.1) is 0 Å². The Kier molecular flexibility index (Phi) is 7.66. The first-order valence-corrected chi connectivity index (χ1v) is 9.51. The van der Waals surface area contributed by atoms with E-state index < -0.39 is 0 Å². The summed E-state index contributed by atoms with van der Waals surface area (Å²) in [6.45, 7) is 3.01. The molecule has 1 radical (unpaired) electrons. The Balaban J connectivity index is 0.00000192. The molecule has 0 bridgehead atoms. The summed E-state index contributed by atoms with van der Waals surface area (Å²) in [4.78, 5) is 2.47. The summed E-state index contributed by atoms with van der Waals surface area (Å²) in [6, 6.07) is 14.9. The average molecular weight is 538 g/mol. The van der Waals surface area contributed by atoms with Gasteiger partial charge in [0.1, 0.15) is 0 Å². The van der Waals surface area contributed by atoms with Crippen molar-refractivity contribution in [3.63, 3.8) is 0 Å². The Labute approximate surface area is 164 Å². The Morgan fingerprint density at radius 2 is 1.87 bits per heavy atom. The van der Waals surface area contributed by atoms with E-state index in [1.807, 2.05) is 0 Å². The molecule has 1 atom stereocenters. The molecule has 2 aromatic carbocycles. The molecule has 0 fully saturated rings. The van der Waals surface area contributed by atoms with E-state index in [0.29, 0.717) is 0 Å².